The van der Waals surface area contributed by atoms with Gasteiger partial charge in [-0.3, -0.25) is 0 Å². The SMILES string of the molecule is C[C@H](NCCCC(N)c1ccccc1)c1ccc(Br)cc1.Cl.Cl. The van der Waals surface area contributed by atoms with Gasteiger partial charge in [0, 0.05) is 16.6 Å². The minimum atomic E-state index is 0. The third kappa shape index (κ3) is 7.69. The van der Waals surface area contributed by atoms with Gasteiger partial charge in [0.05, 0.1) is 0 Å². The summed E-state index contributed by atoms with van der Waals surface area (Å²) in [4.78, 5) is 0. The van der Waals surface area contributed by atoms with Crippen LogP contribution >= 0.6 is 40.7 Å². The third-order valence-corrected chi connectivity index (χ3v) is 4.27. The second-order valence-corrected chi connectivity index (χ2v) is 6.30. The van der Waals surface area contributed by atoms with Crippen molar-refractivity contribution in [3.63, 3.8) is 0 Å². The summed E-state index contributed by atoms with van der Waals surface area (Å²) in [7, 11) is 0. The Balaban J connectivity index is 0.00000242. The van der Waals surface area contributed by atoms with Crippen LogP contribution in [0.4, 0.5) is 0 Å². The molecule has 0 radical (unpaired) electrons. The first-order valence-corrected chi connectivity index (χ1v) is 8.25. The van der Waals surface area contributed by atoms with Crippen LogP contribution in [0.15, 0.2) is 59.1 Å². The average Bonchev–Trinajstić information content (AvgIpc) is 2.52. The van der Waals surface area contributed by atoms with Crippen molar-refractivity contribution in [3.8, 4) is 0 Å². The van der Waals surface area contributed by atoms with Crippen LogP contribution in [0, 0.1) is 0 Å². The van der Waals surface area contributed by atoms with Crippen LogP contribution in [-0.4, -0.2) is 6.54 Å². The molecular weight excluding hydrogens is 395 g/mol. The van der Waals surface area contributed by atoms with Gasteiger partial charge in [0.1, 0.15) is 0 Å². The second kappa shape index (κ2) is 11.9. The lowest BCUT2D eigenvalue weighted by Gasteiger charge is -2.16. The molecule has 0 aromatic heterocycles. The Morgan fingerprint density at radius 1 is 0.957 bits per heavy atom. The maximum Gasteiger partial charge on any atom is 0.0295 e. The summed E-state index contributed by atoms with van der Waals surface area (Å²) in [5, 5.41) is 3.55. The van der Waals surface area contributed by atoms with Crippen molar-refractivity contribution in [2.75, 3.05) is 6.54 Å². The summed E-state index contributed by atoms with van der Waals surface area (Å²) in [5.41, 5.74) is 8.74. The van der Waals surface area contributed by atoms with Crippen molar-refractivity contribution in [3.05, 3.63) is 70.2 Å². The predicted molar refractivity (Wildman–Crippen MR) is 108 cm³/mol. The smallest absolute Gasteiger partial charge is 0.0295 e. The Kier molecular flexibility index (Phi) is 11.6. The molecule has 2 rings (SSSR count). The van der Waals surface area contributed by atoms with E-state index in [2.05, 4.69) is 64.6 Å². The lowest BCUT2D eigenvalue weighted by Crippen LogP contribution is -2.21. The molecule has 2 atom stereocenters. The first-order valence-electron chi connectivity index (χ1n) is 7.46. The van der Waals surface area contributed by atoms with Gasteiger partial charge in [-0.2, -0.15) is 0 Å². The summed E-state index contributed by atoms with van der Waals surface area (Å²) in [6, 6.07) is 19.3. The van der Waals surface area contributed by atoms with Gasteiger partial charge in [-0.05, 0) is 49.6 Å². The van der Waals surface area contributed by atoms with Gasteiger partial charge in [0.15, 0.2) is 0 Å². The van der Waals surface area contributed by atoms with E-state index >= 15 is 0 Å². The molecule has 0 aliphatic carbocycles. The van der Waals surface area contributed by atoms with E-state index in [-0.39, 0.29) is 30.9 Å². The van der Waals surface area contributed by atoms with Gasteiger partial charge in [-0.1, -0.05) is 58.4 Å². The minimum Gasteiger partial charge on any atom is -0.324 e. The zero-order valence-corrected chi connectivity index (χ0v) is 16.5. The second-order valence-electron chi connectivity index (χ2n) is 5.39. The molecule has 0 aliphatic heterocycles. The summed E-state index contributed by atoms with van der Waals surface area (Å²) >= 11 is 3.46. The zero-order chi connectivity index (χ0) is 15.1. The standard InChI is InChI=1S/C18H23BrN2.2ClH/c1-14(15-9-11-17(19)12-10-15)21-13-5-8-18(20)16-6-3-2-4-7-16;;/h2-4,6-7,9-12,14,18,21H,5,8,13,20H2,1H3;2*1H/t14-,18?;;/m0../s1. The fraction of sp³-hybridized carbons (Fsp3) is 0.333. The molecule has 128 valence electrons. The lowest BCUT2D eigenvalue weighted by atomic mass is 10.0. The number of rotatable bonds is 7. The summed E-state index contributed by atoms with van der Waals surface area (Å²) in [6.07, 6.45) is 2.08. The average molecular weight is 420 g/mol. The van der Waals surface area contributed by atoms with E-state index in [0.717, 1.165) is 23.9 Å². The number of halogens is 3. The van der Waals surface area contributed by atoms with Gasteiger partial charge >= 0.3 is 0 Å². The van der Waals surface area contributed by atoms with Crippen molar-refractivity contribution in [1.29, 1.82) is 0 Å². The summed E-state index contributed by atoms with van der Waals surface area (Å²) in [6.45, 7) is 3.18. The molecule has 0 saturated heterocycles. The van der Waals surface area contributed by atoms with Crippen molar-refractivity contribution >= 4 is 40.7 Å². The van der Waals surface area contributed by atoms with Crippen LogP contribution in [0.25, 0.3) is 0 Å². The fourth-order valence-electron chi connectivity index (χ4n) is 2.38. The van der Waals surface area contributed by atoms with E-state index in [1.54, 1.807) is 0 Å². The molecule has 0 saturated carbocycles. The Morgan fingerprint density at radius 2 is 1.57 bits per heavy atom. The van der Waals surface area contributed by atoms with Crippen LogP contribution in [0.2, 0.25) is 0 Å². The van der Waals surface area contributed by atoms with E-state index in [9.17, 15) is 0 Å². The molecule has 3 N–H and O–H groups in total. The highest BCUT2D eigenvalue weighted by Crippen LogP contribution is 2.17. The Bertz CT molecular complexity index is 534. The van der Waals surface area contributed by atoms with Gasteiger partial charge in [-0.15, -0.1) is 24.8 Å². The number of hydrogen-bond donors (Lipinski definition) is 2. The van der Waals surface area contributed by atoms with E-state index in [1.807, 2.05) is 18.2 Å². The number of benzene rings is 2. The molecular formula is C18H25BrCl2N2. The van der Waals surface area contributed by atoms with Crippen molar-refractivity contribution in [2.24, 2.45) is 5.73 Å². The van der Waals surface area contributed by atoms with Gasteiger partial charge in [0.25, 0.3) is 0 Å². The Morgan fingerprint density at radius 3 is 2.17 bits per heavy atom. The van der Waals surface area contributed by atoms with E-state index < -0.39 is 0 Å². The topological polar surface area (TPSA) is 38.0 Å². The predicted octanol–water partition coefficient (Wildman–Crippen LogP) is 5.42. The van der Waals surface area contributed by atoms with Crippen LogP contribution in [0.5, 0.6) is 0 Å². The van der Waals surface area contributed by atoms with Crippen molar-refractivity contribution in [2.45, 2.75) is 31.8 Å². The van der Waals surface area contributed by atoms with Crippen LogP contribution in [0.1, 0.15) is 43.0 Å². The monoisotopic (exact) mass is 418 g/mol. The first-order chi connectivity index (χ1) is 10.2. The highest BCUT2D eigenvalue weighted by atomic mass is 79.9. The van der Waals surface area contributed by atoms with Crippen LogP contribution in [-0.2, 0) is 0 Å². The summed E-state index contributed by atoms with van der Waals surface area (Å²) < 4.78 is 1.12. The maximum absolute atomic E-state index is 6.21. The molecule has 0 spiro atoms. The third-order valence-electron chi connectivity index (χ3n) is 3.74. The molecule has 0 bridgehead atoms. The normalized spacial score (nSPS) is 12.7. The zero-order valence-electron chi connectivity index (χ0n) is 13.2. The largest absolute Gasteiger partial charge is 0.324 e. The highest BCUT2D eigenvalue weighted by Gasteiger charge is 2.07. The lowest BCUT2D eigenvalue weighted by molar-refractivity contribution is 0.521. The molecule has 0 amide bonds. The fourth-order valence-corrected chi connectivity index (χ4v) is 2.64. The van der Waals surface area contributed by atoms with Crippen LogP contribution < -0.4 is 11.1 Å². The van der Waals surface area contributed by atoms with Crippen molar-refractivity contribution in [1.82, 2.24) is 5.32 Å². The highest BCUT2D eigenvalue weighted by molar-refractivity contribution is 9.10. The molecule has 2 aromatic rings. The van der Waals surface area contributed by atoms with Crippen molar-refractivity contribution < 1.29 is 0 Å². The van der Waals surface area contributed by atoms with E-state index in [1.165, 1.54) is 11.1 Å². The number of nitrogens with one attached hydrogen (secondary N) is 1. The van der Waals surface area contributed by atoms with Gasteiger partial charge in [0.2, 0.25) is 0 Å². The van der Waals surface area contributed by atoms with Gasteiger partial charge < -0.3 is 11.1 Å². The molecule has 5 heteroatoms. The van der Waals surface area contributed by atoms with E-state index in [4.69, 9.17) is 5.73 Å². The molecule has 2 nitrogen and oxygen atoms in total. The molecule has 0 aliphatic rings. The van der Waals surface area contributed by atoms with Crippen LogP contribution in [0.3, 0.4) is 0 Å². The minimum absolute atomic E-state index is 0. The molecule has 0 fully saturated rings. The first kappa shape index (κ1) is 22.4. The molecule has 0 heterocycles. The molecule has 1 unspecified atom stereocenters. The van der Waals surface area contributed by atoms with Gasteiger partial charge in [-0.25, -0.2) is 0 Å². The number of hydrogen-bond acceptors (Lipinski definition) is 2. The van der Waals surface area contributed by atoms with E-state index in [0.29, 0.717) is 6.04 Å². The quantitative estimate of drug-likeness (QED) is 0.587. The Labute approximate surface area is 160 Å². The Hall–Kier alpha value is -0.580. The molecule has 23 heavy (non-hydrogen) atoms. The maximum atomic E-state index is 6.21. The molecule has 2 aromatic carbocycles. The summed E-state index contributed by atoms with van der Waals surface area (Å²) in [5.74, 6) is 0. The number of nitrogens with two attached hydrogens (primary N) is 1.